The Kier molecular flexibility index (Phi) is 4.08. The van der Waals surface area contributed by atoms with E-state index in [0.717, 1.165) is 33.5 Å². The maximum Gasteiger partial charge on any atom is 0.141 e. The normalized spacial score (nSPS) is 11.0. The van der Waals surface area contributed by atoms with E-state index in [9.17, 15) is 4.39 Å². The van der Waals surface area contributed by atoms with Gasteiger partial charge in [-0.1, -0.05) is 29.4 Å². The molecular weight excluding hydrogens is 331 g/mol. The van der Waals surface area contributed by atoms with Crippen LogP contribution in [-0.2, 0) is 6.54 Å². The quantitative estimate of drug-likeness (QED) is 0.581. The van der Waals surface area contributed by atoms with Crippen LogP contribution in [0.25, 0.3) is 22.0 Å². The molecule has 0 amide bonds. The fraction of sp³-hybridized carbons (Fsp3) is 0.150. The van der Waals surface area contributed by atoms with Crippen molar-refractivity contribution in [3.63, 3.8) is 0 Å². The zero-order valence-electron chi connectivity index (χ0n) is 14.5. The molecule has 0 saturated carbocycles. The first-order chi connectivity index (χ1) is 12.6. The van der Waals surface area contributed by atoms with Gasteiger partial charge in [-0.15, -0.1) is 0 Å². The first-order valence-electron chi connectivity index (χ1n) is 8.29. The average Bonchev–Trinajstić information content (AvgIpc) is 2.99. The minimum atomic E-state index is -0.241. The van der Waals surface area contributed by atoms with Crippen molar-refractivity contribution in [3.05, 3.63) is 71.6 Å². The summed E-state index contributed by atoms with van der Waals surface area (Å²) in [5.74, 6) is 1.18. The monoisotopic (exact) mass is 348 g/mol. The van der Waals surface area contributed by atoms with Crippen LogP contribution in [0.4, 0.5) is 10.2 Å². The number of aromatic nitrogens is 3. The summed E-state index contributed by atoms with van der Waals surface area (Å²) in [5.41, 5.74) is 4.18. The molecule has 0 fully saturated rings. The van der Waals surface area contributed by atoms with Gasteiger partial charge in [0.2, 0.25) is 0 Å². The van der Waals surface area contributed by atoms with Crippen molar-refractivity contribution in [2.45, 2.75) is 20.4 Å². The van der Waals surface area contributed by atoms with Crippen LogP contribution in [0.2, 0.25) is 0 Å². The molecule has 2 aromatic carbocycles. The second-order valence-corrected chi connectivity index (χ2v) is 6.10. The first-order valence-corrected chi connectivity index (χ1v) is 8.29. The van der Waals surface area contributed by atoms with Gasteiger partial charge in [-0.05, 0) is 37.6 Å². The number of fused-ring (bicyclic) bond motifs is 1. The molecule has 0 aliphatic rings. The number of halogens is 1. The lowest BCUT2D eigenvalue weighted by Gasteiger charge is -2.10. The summed E-state index contributed by atoms with van der Waals surface area (Å²) in [6.45, 7) is 4.14. The van der Waals surface area contributed by atoms with E-state index in [1.165, 1.54) is 12.4 Å². The van der Waals surface area contributed by atoms with Crippen molar-refractivity contribution >= 4 is 16.7 Å². The van der Waals surface area contributed by atoms with Crippen molar-refractivity contribution in [3.8, 4) is 11.1 Å². The van der Waals surface area contributed by atoms with Gasteiger partial charge in [0.25, 0.3) is 0 Å². The van der Waals surface area contributed by atoms with E-state index < -0.39 is 0 Å². The van der Waals surface area contributed by atoms with Crippen LogP contribution >= 0.6 is 0 Å². The van der Waals surface area contributed by atoms with E-state index in [1.807, 2.05) is 38.1 Å². The van der Waals surface area contributed by atoms with Crippen LogP contribution in [0.3, 0.4) is 0 Å². The third kappa shape index (κ3) is 2.90. The minimum Gasteiger partial charge on any atom is -0.365 e. The number of hydrogen-bond donors (Lipinski definition) is 1. The standard InChI is InChI=1S/C20H17FN4O/c1-12-19(13(2)26-25-12)14-7-8-18-16(9-14)20(24-11-23-18)22-10-15-5-3-4-6-17(15)21/h3-9,11H,10H2,1-2H3,(H,22,23,24). The Bertz CT molecular complexity index is 1070. The number of benzene rings is 2. The van der Waals surface area contributed by atoms with Gasteiger partial charge in [-0.25, -0.2) is 14.4 Å². The van der Waals surface area contributed by atoms with Gasteiger partial charge in [0.05, 0.1) is 11.2 Å². The van der Waals surface area contributed by atoms with E-state index in [4.69, 9.17) is 4.52 Å². The largest absolute Gasteiger partial charge is 0.365 e. The van der Waals surface area contributed by atoms with Crippen LogP contribution in [0, 0.1) is 19.7 Å². The molecule has 130 valence electrons. The van der Waals surface area contributed by atoms with E-state index in [-0.39, 0.29) is 5.82 Å². The smallest absolute Gasteiger partial charge is 0.141 e. The second-order valence-electron chi connectivity index (χ2n) is 6.10. The molecule has 6 heteroatoms. The molecule has 0 bridgehead atoms. The summed E-state index contributed by atoms with van der Waals surface area (Å²) < 4.78 is 19.1. The Morgan fingerprint density at radius 2 is 1.92 bits per heavy atom. The number of nitrogens with zero attached hydrogens (tertiary/aromatic N) is 3. The van der Waals surface area contributed by atoms with Crippen molar-refractivity contribution in [1.29, 1.82) is 0 Å². The molecule has 26 heavy (non-hydrogen) atoms. The predicted octanol–water partition coefficient (Wildman–Crippen LogP) is 4.65. The summed E-state index contributed by atoms with van der Waals surface area (Å²) in [4.78, 5) is 8.65. The van der Waals surface area contributed by atoms with Gasteiger partial charge in [-0.3, -0.25) is 0 Å². The molecule has 0 saturated heterocycles. The van der Waals surface area contributed by atoms with Crippen LogP contribution in [0.15, 0.2) is 53.3 Å². The molecule has 4 aromatic rings. The van der Waals surface area contributed by atoms with Crippen LogP contribution in [-0.4, -0.2) is 15.1 Å². The zero-order valence-corrected chi connectivity index (χ0v) is 14.5. The van der Waals surface area contributed by atoms with Gasteiger partial charge in [0.1, 0.15) is 23.7 Å². The Morgan fingerprint density at radius 3 is 2.69 bits per heavy atom. The molecule has 2 heterocycles. The number of rotatable bonds is 4. The van der Waals surface area contributed by atoms with E-state index in [1.54, 1.807) is 12.1 Å². The van der Waals surface area contributed by atoms with Crippen molar-refractivity contribution in [2.24, 2.45) is 0 Å². The van der Waals surface area contributed by atoms with Crippen LogP contribution < -0.4 is 5.32 Å². The van der Waals surface area contributed by atoms with Crippen molar-refractivity contribution < 1.29 is 8.91 Å². The third-order valence-electron chi connectivity index (χ3n) is 4.36. The topological polar surface area (TPSA) is 63.8 Å². The van der Waals surface area contributed by atoms with Crippen molar-refractivity contribution in [2.75, 3.05) is 5.32 Å². The summed E-state index contributed by atoms with van der Waals surface area (Å²) in [5, 5.41) is 8.10. The fourth-order valence-corrected chi connectivity index (χ4v) is 3.07. The lowest BCUT2D eigenvalue weighted by atomic mass is 10.0. The van der Waals surface area contributed by atoms with Gasteiger partial charge in [-0.2, -0.15) is 0 Å². The molecule has 0 unspecified atom stereocenters. The highest BCUT2D eigenvalue weighted by atomic mass is 19.1. The first kappa shape index (κ1) is 16.2. The highest BCUT2D eigenvalue weighted by Gasteiger charge is 2.13. The summed E-state index contributed by atoms with van der Waals surface area (Å²) in [7, 11) is 0. The average molecular weight is 348 g/mol. The Hall–Kier alpha value is -3.28. The third-order valence-corrected chi connectivity index (χ3v) is 4.36. The molecule has 0 aliphatic carbocycles. The van der Waals surface area contributed by atoms with Gasteiger partial charge in [0, 0.05) is 23.1 Å². The molecule has 0 radical (unpaired) electrons. The number of hydrogen-bond acceptors (Lipinski definition) is 5. The zero-order chi connectivity index (χ0) is 18.1. The Morgan fingerprint density at radius 1 is 1.08 bits per heavy atom. The van der Waals surface area contributed by atoms with E-state index in [2.05, 4.69) is 20.4 Å². The molecular formula is C20H17FN4O. The Labute approximate surface area is 149 Å². The number of nitrogens with one attached hydrogen (secondary N) is 1. The molecule has 0 atom stereocenters. The molecule has 0 spiro atoms. The molecule has 2 aromatic heterocycles. The lowest BCUT2D eigenvalue weighted by molar-refractivity contribution is 0.393. The molecule has 1 N–H and O–H groups in total. The molecule has 4 rings (SSSR count). The maximum absolute atomic E-state index is 13.9. The van der Waals surface area contributed by atoms with E-state index in [0.29, 0.717) is 17.9 Å². The summed E-state index contributed by atoms with van der Waals surface area (Å²) >= 11 is 0. The Balaban J connectivity index is 1.73. The van der Waals surface area contributed by atoms with Gasteiger partial charge < -0.3 is 9.84 Å². The van der Waals surface area contributed by atoms with Crippen LogP contribution in [0.1, 0.15) is 17.0 Å². The number of aryl methyl sites for hydroxylation is 2. The maximum atomic E-state index is 13.9. The second kappa shape index (κ2) is 6.55. The number of anilines is 1. The lowest BCUT2D eigenvalue weighted by Crippen LogP contribution is -2.04. The molecule has 0 aliphatic heterocycles. The SMILES string of the molecule is Cc1noc(C)c1-c1ccc2ncnc(NCc3ccccc3F)c2c1. The van der Waals surface area contributed by atoms with Gasteiger partial charge >= 0.3 is 0 Å². The highest BCUT2D eigenvalue weighted by Crippen LogP contribution is 2.31. The van der Waals surface area contributed by atoms with E-state index >= 15 is 0 Å². The highest BCUT2D eigenvalue weighted by molar-refractivity contribution is 5.92. The predicted molar refractivity (Wildman–Crippen MR) is 98.2 cm³/mol. The van der Waals surface area contributed by atoms with Crippen molar-refractivity contribution in [1.82, 2.24) is 15.1 Å². The fourth-order valence-electron chi connectivity index (χ4n) is 3.07. The molecule has 5 nitrogen and oxygen atoms in total. The summed E-state index contributed by atoms with van der Waals surface area (Å²) in [6.07, 6.45) is 1.50. The minimum absolute atomic E-state index is 0.241. The summed E-state index contributed by atoms with van der Waals surface area (Å²) in [6, 6.07) is 12.6. The van der Waals surface area contributed by atoms with Crippen LogP contribution in [0.5, 0.6) is 0 Å². The van der Waals surface area contributed by atoms with Gasteiger partial charge in [0.15, 0.2) is 0 Å².